The summed E-state index contributed by atoms with van der Waals surface area (Å²) >= 11 is 0. The molecule has 2 amide bonds. The van der Waals surface area contributed by atoms with E-state index >= 15 is 0 Å². The number of hydrogen-bond donors (Lipinski definition) is 4. The van der Waals surface area contributed by atoms with Crippen molar-refractivity contribution in [3.05, 3.63) is 42.0 Å². The van der Waals surface area contributed by atoms with Crippen LogP contribution in [0.25, 0.3) is 6.08 Å². The molecule has 174 valence electrons. The fraction of sp³-hybridized carbons (Fsp3) is 0.600. The van der Waals surface area contributed by atoms with Crippen molar-refractivity contribution < 1.29 is 14.8 Å². The molecule has 1 rings (SSSR count). The fourth-order valence-corrected chi connectivity index (χ4v) is 3.65. The van der Waals surface area contributed by atoms with Crippen molar-refractivity contribution in [2.75, 3.05) is 6.54 Å². The largest absolute Gasteiger partial charge is 0.291 e. The summed E-state index contributed by atoms with van der Waals surface area (Å²) in [4.78, 5) is 25.3. The van der Waals surface area contributed by atoms with Crippen molar-refractivity contribution >= 4 is 17.9 Å². The van der Waals surface area contributed by atoms with E-state index in [9.17, 15) is 14.8 Å². The van der Waals surface area contributed by atoms with E-state index in [1.165, 1.54) is 25.7 Å². The predicted molar refractivity (Wildman–Crippen MR) is 126 cm³/mol. The molecule has 1 aromatic rings. The Morgan fingerprint density at radius 3 is 2.29 bits per heavy atom. The molecule has 0 unspecified atom stereocenters. The van der Waals surface area contributed by atoms with Gasteiger partial charge < -0.3 is 0 Å². The third kappa shape index (κ3) is 11.7. The molecule has 2 atom stereocenters. The van der Waals surface area contributed by atoms with Crippen molar-refractivity contribution in [2.24, 2.45) is 17.8 Å². The van der Waals surface area contributed by atoms with Crippen LogP contribution in [0.4, 0.5) is 0 Å². The second-order valence-corrected chi connectivity index (χ2v) is 8.55. The van der Waals surface area contributed by atoms with Gasteiger partial charge in [0.1, 0.15) is 0 Å². The highest BCUT2D eigenvalue weighted by atomic mass is 16.5. The van der Waals surface area contributed by atoms with Gasteiger partial charge in [-0.2, -0.15) is 0 Å². The lowest BCUT2D eigenvalue weighted by Crippen LogP contribution is -2.47. The Morgan fingerprint density at radius 1 is 0.968 bits per heavy atom. The van der Waals surface area contributed by atoms with Crippen LogP contribution in [0, 0.1) is 17.8 Å². The molecule has 31 heavy (non-hydrogen) atoms. The van der Waals surface area contributed by atoms with Crippen LogP contribution in [0.5, 0.6) is 0 Å². The van der Waals surface area contributed by atoms with Gasteiger partial charge in [0.05, 0.1) is 11.8 Å². The third-order valence-electron chi connectivity index (χ3n) is 5.36. The summed E-state index contributed by atoms with van der Waals surface area (Å²) in [5, 5.41) is 9.25. The van der Waals surface area contributed by atoms with Gasteiger partial charge in [0, 0.05) is 6.54 Å². The Morgan fingerprint density at radius 2 is 1.65 bits per heavy atom. The highest BCUT2D eigenvalue weighted by Crippen LogP contribution is 2.25. The molecule has 0 radical (unpaired) electrons. The highest BCUT2D eigenvalue weighted by molar-refractivity contribution is 5.87. The van der Waals surface area contributed by atoms with Crippen molar-refractivity contribution in [2.45, 2.75) is 72.1 Å². The van der Waals surface area contributed by atoms with Gasteiger partial charge >= 0.3 is 0 Å². The summed E-state index contributed by atoms with van der Waals surface area (Å²) in [6, 6.07) is 9.79. The lowest BCUT2D eigenvalue weighted by molar-refractivity contribution is -0.141. The Balaban J connectivity index is 2.66. The van der Waals surface area contributed by atoms with Crippen LogP contribution >= 0.6 is 0 Å². The van der Waals surface area contributed by atoms with Crippen LogP contribution in [-0.4, -0.2) is 23.6 Å². The topological polar surface area (TPSA) is 90.5 Å². The molecule has 0 heterocycles. The zero-order valence-electron chi connectivity index (χ0n) is 19.4. The van der Waals surface area contributed by atoms with E-state index in [0.717, 1.165) is 18.4 Å². The normalized spacial score (nSPS) is 13.3. The van der Waals surface area contributed by atoms with Gasteiger partial charge in [-0.15, -0.1) is 0 Å². The number of unbranched alkanes of at least 4 members (excludes halogenated alkanes) is 5. The maximum atomic E-state index is 12.9. The molecule has 0 fully saturated rings. The Labute approximate surface area is 187 Å². The van der Waals surface area contributed by atoms with Crippen molar-refractivity contribution in [1.82, 2.24) is 16.3 Å². The molecule has 0 saturated carbocycles. The average Bonchev–Trinajstić information content (AvgIpc) is 2.77. The lowest BCUT2D eigenvalue weighted by atomic mass is 9.82. The average molecular weight is 432 g/mol. The number of hydrogen-bond acceptors (Lipinski definition) is 4. The van der Waals surface area contributed by atoms with Crippen LogP contribution in [0.2, 0.25) is 0 Å². The van der Waals surface area contributed by atoms with Crippen molar-refractivity contribution in [3.63, 3.8) is 0 Å². The fourth-order valence-electron chi connectivity index (χ4n) is 3.65. The maximum Gasteiger partial charge on any atom is 0.247 e. The number of benzene rings is 1. The molecule has 0 spiro atoms. The summed E-state index contributed by atoms with van der Waals surface area (Å²) in [6.07, 6.45) is 11.9. The quantitative estimate of drug-likeness (QED) is 0.171. The Hall–Kier alpha value is -2.18. The zero-order chi connectivity index (χ0) is 22.9. The smallest absolute Gasteiger partial charge is 0.247 e. The van der Waals surface area contributed by atoms with Crippen LogP contribution in [0.15, 0.2) is 36.4 Å². The minimum atomic E-state index is -0.650. The second kappa shape index (κ2) is 16.5. The van der Waals surface area contributed by atoms with E-state index in [1.807, 2.05) is 56.3 Å². The zero-order valence-corrected chi connectivity index (χ0v) is 19.4. The van der Waals surface area contributed by atoms with Gasteiger partial charge in [-0.05, 0) is 30.7 Å². The molecule has 6 heteroatoms. The van der Waals surface area contributed by atoms with Crippen LogP contribution in [0.1, 0.15) is 77.7 Å². The predicted octanol–water partition coefficient (Wildman–Crippen LogP) is 4.86. The lowest BCUT2D eigenvalue weighted by Gasteiger charge is -2.25. The highest BCUT2D eigenvalue weighted by Gasteiger charge is 2.33. The summed E-state index contributed by atoms with van der Waals surface area (Å²) in [5.74, 6) is -1.69. The first-order valence-electron chi connectivity index (χ1n) is 11.7. The van der Waals surface area contributed by atoms with Gasteiger partial charge in [0.25, 0.3) is 0 Å². The number of carbonyl (C=O) groups excluding carboxylic acids is 2. The SMILES string of the molecule is CCCCCCCCNNC(=O)[C@H](CC(C)C)[C@H](CC=Cc1ccccc1)C(=O)NO. The van der Waals surface area contributed by atoms with E-state index in [-0.39, 0.29) is 11.8 Å². The first kappa shape index (κ1) is 26.9. The minimum absolute atomic E-state index is 0.207. The second-order valence-electron chi connectivity index (χ2n) is 8.55. The van der Waals surface area contributed by atoms with Crippen molar-refractivity contribution in [3.8, 4) is 0 Å². The Kier molecular flexibility index (Phi) is 14.3. The molecule has 0 aliphatic heterocycles. The molecule has 1 aromatic carbocycles. The number of rotatable bonds is 16. The number of hydrazine groups is 1. The molecule has 0 aliphatic carbocycles. The van der Waals surface area contributed by atoms with Crippen molar-refractivity contribution in [1.29, 1.82) is 0 Å². The molecule has 0 saturated heterocycles. The summed E-state index contributed by atoms with van der Waals surface area (Å²) in [6.45, 7) is 6.96. The first-order chi connectivity index (χ1) is 15.0. The molecular weight excluding hydrogens is 390 g/mol. The summed E-state index contributed by atoms with van der Waals surface area (Å²) in [7, 11) is 0. The summed E-state index contributed by atoms with van der Waals surface area (Å²) < 4.78 is 0. The summed E-state index contributed by atoms with van der Waals surface area (Å²) in [5.41, 5.74) is 8.57. The molecule has 0 aromatic heterocycles. The number of carbonyl (C=O) groups is 2. The first-order valence-corrected chi connectivity index (χ1v) is 11.7. The Bertz CT molecular complexity index is 647. The number of hydroxylamine groups is 1. The molecule has 4 N–H and O–H groups in total. The standard InChI is InChI=1S/C25H41N3O3/c1-4-5-6-7-8-12-18-26-27-24(29)23(19-20(2)3)22(25(30)28-31)17-13-16-21-14-10-9-11-15-21/h9-11,13-16,20,22-23,26,31H,4-8,12,17-19H2,1-3H3,(H,27,29)(H,28,30)/t22-,23+/m0/s1. The third-order valence-corrected chi connectivity index (χ3v) is 5.36. The van der Waals surface area contributed by atoms with Gasteiger partial charge in [-0.1, -0.05) is 95.4 Å². The van der Waals surface area contributed by atoms with Gasteiger partial charge in [-0.25, -0.2) is 10.9 Å². The van der Waals surface area contributed by atoms with E-state index in [1.54, 1.807) is 5.48 Å². The molecule has 0 bridgehead atoms. The van der Waals surface area contributed by atoms with Gasteiger partial charge in [0.15, 0.2) is 0 Å². The molecule has 0 aliphatic rings. The maximum absolute atomic E-state index is 12.9. The number of nitrogens with one attached hydrogen (secondary N) is 3. The molecular formula is C25H41N3O3. The van der Waals surface area contributed by atoms with E-state index < -0.39 is 17.7 Å². The number of allylic oxidation sites excluding steroid dienone is 1. The molecule has 6 nitrogen and oxygen atoms in total. The van der Waals surface area contributed by atoms with Crippen LogP contribution < -0.4 is 16.3 Å². The van der Waals surface area contributed by atoms with E-state index in [0.29, 0.717) is 19.4 Å². The van der Waals surface area contributed by atoms with Gasteiger partial charge in [0.2, 0.25) is 11.8 Å². The monoisotopic (exact) mass is 431 g/mol. The number of amides is 2. The van der Waals surface area contributed by atoms with E-state index in [4.69, 9.17) is 0 Å². The van der Waals surface area contributed by atoms with E-state index in [2.05, 4.69) is 17.8 Å². The van der Waals surface area contributed by atoms with Gasteiger partial charge in [-0.3, -0.25) is 20.2 Å². The minimum Gasteiger partial charge on any atom is -0.291 e. The van der Waals surface area contributed by atoms with Crippen LogP contribution in [0.3, 0.4) is 0 Å². The van der Waals surface area contributed by atoms with Crippen LogP contribution in [-0.2, 0) is 9.59 Å².